The van der Waals surface area contributed by atoms with Crippen molar-refractivity contribution in [3.05, 3.63) is 52.2 Å². The maximum atomic E-state index is 12.2. The third-order valence-corrected chi connectivity index (χ3v) is 3.06. The van der Waals surface area contributed by atoms with E-state index in [0.29, 0.717) is 27.9 Å². The zero-order valence-corrected chi connectivity index (χ0v) is 9.40. The van der Waals surface area contributed by atoms with Crippen molar-refractivity contribution in [2.24, 2.45) is 0 Å². The number of ketones is 2. The molecule has 0 aromatic carbocycles. The lowest BCUT2D eigenvalue weighted by atomic mass is 9.84. The number of hydrogen-bond acceptors (Lipinski definition) is 4. The van der Waals surface area contributed by atoms with Crippen molar-refractivity contribution in [2.45, 2.75) is 13.8 Å². The molecule has 0 amide bonds. The SMILES string of the molecule is Cc1cnc(C)c2c1C(=O)c1cocc1C2=O. The topological polar surface area (TPSA) is 60.2 Å². The zero-order chi connectivity index (χ0) is 12.2. The largest absolute Gasteiger partial charge is 0.471 e. The number of nitrogens with zero attached hydrogens (tertiary/aromatic N) is 1. The Balaban J connectivity index is 2.42. The molecule has 0 radical (unpaired) electrons. The first kappa shape index (κ1) is 9.96. The Hall–Kier alpha value is -2.23. The van der Waals surface area contributed by atoms with Gasteiger partial charge in [-0.15, -0.1) is 0 Å². The van der Waals surface area contributed by atoms with E-state index in [1.165, 1.54) is 12.5 Å². The van der Waals surface area contributed by atoms with Crippen LogP contribution in [0, 0.1) is 13.8 Å². The average molecular weight is 227 g/mol. The number of furan rings is 1. The Morgan fingerprint density at radius 2 is 1.59 bits per heavy atom. The monoisotopic (exact) mass is 227 g/mol. The second-order valence-corrected chi connectivity index (χ2v) is 4.13. The van der Waals surface area contributed by atoms with Crippen LogP contribution in [0.5, 0.6) is 0 Å². The van der Waals surface area contributed by atoms with E-state index in [1.807, 2.05) is 0 Å². The molecule has 84 valence electrons. The Kier molecular flexibility index (Phi) is 1.84. The Morgan fingerprint density at radius 1 is 1.00 bits per heavy atom. The second kappa shape index (κ2) is 3.13. The van der Waals surface area contributed by atoms with Crippen LogP contribution in [0.15, 0.2) is 23.1 Å². The lowest BCUT2D eigenvalue weighted by Crippen LogP contribution is -2.22. The average Bonchev–Trinajstić information content (AvgIpc) is 2.78. The summed E-state index contributed by atoms with van der Waals surface area (Å²) in [7, 11) is 0. The van der Waals surface area contributed by atoms with Gasteiger partial charge in [-0.25, -0.2) is 0 Å². The molecule has 0 bridgehead atoms. The highest BCUT2D eigenvalue weighted by atomic mass is 16.3. The molecule has 0 fully saturated rings. The molecule has 1 aliphatic rings. The predicted octanol–water partition coefficient (Wildman–Crippen LogP) is 2.07. The van der Waals surface area contributed by atoms with E-state index in [-0.39, 0.29) is 11.6 Å². The molecule has 0 saturated carbocycles. The number of pyridine rings is 1. The molecule has 0 aliphatic heterocycles. The fourth-order valence-corrected chi connectivity index (χ4v) is 2.19. The Labute approximate surface area is 97.3 Å². The van der Waals surface area contributed by atoms with Crippen molar-refractivity contribution in [3.8, 4) is 0 Å². The van der Waals surface area contributed by atoms with Gasteiger partial charge in [-0.05, 0) is 19.4 Å². The summed E-state index contributed by atoms with van der Waals surface area (Å²) in [4.78, 5) is 28.6. The minimum Gasteiger partial charge on any atom is -0.471 e. The lowest BCUT2D eigenvalue weighted by molar-refractivity contribution is 0.0978. The molecule has 0 N–H and O–H groups in total. The van der Waals surface area contributed by atoms with Crippen molar-refractivity contribution in [1.82, 2.24) is 4.98 Å². The lowest BCUT2D eigenvalue weighted by Gasteiger charge is -2.16. The van der Waals surface area contributed by atoms with Gasteiger partial charge in [0.2, 0.25) is 0 Å². The molecule has 0 spiro atoms. The third-order valence-electron chi connectivity index (χ3n) is 3.06. The second-order valence-electron chi connectivity index (χ2n) is 4.13. The van der Waals surface area contributed by atoms with Gasteiger partial charge in [0, 0.05) is 17.5 Å². The van der Waals surface area contributed by atoms with E-state index in [0.717, 1.165) is 5.56 Å². The third kappa shape index (κ3) is 1.15. The van der Waals surface area contributed by atoms with Crippen LogP contribution in [0.2, 0.25) is 0 Å². The molecule has 17 heavy (non-hydrogen) atoms. The summed E-state index contributed by atoms with van der Waals surface area (Å²) >= 11 is 0. The van der Waals surface area contributed by atoms with Crippen LogP contribution < -0.4 is 0 Å². The number of aryl methyl sites for hydroxylation is 2. The highest BCUT2D eigenvalue weighted by Gasteiger charge is 2.34. The van der Waals surface area contributed by atoms with Crippen LogP contribution in [0.3, 0.4) is 0 Å². The molecular formula is C13H9NO3. The van der Waals surface area contributed by atoms with Crippen molar-refractivity contribution in [2.75, 3.05) is 0 Å². The number of carbonyl (C=O) groups excluding carboxylic acids is 2. The number of rotatable bonds is 0. The standard InChI is InChI=1S/C13H9NO3/c1-6-3-14-7(2)11-10(6)12(15)8-4-17-5-9(8)13(11)16/h3-5H,1-2H3. The Morgan fingerprint density at radius 3 is 2.24 bits per heavy atom. The molecule has 0 atom stereocenters. The molecule has 4 heteroatoms. The number of aromatic nitrogens is 1. The molecular weight excluding hydrogens is 218 g/mol. The van der Waals surface area contributed by atoms with Gasteiger partial charge in [0.1, 0.15) is 12.5 Å². The van der Waals surface area contributed by atoms with Gasteiger partial charge in [-0.2, -0.15) is 0 Å². The molecule has 4 nitrogen and oxygen atoms in total. The van der Waals surface area contributed by atoms with Crippen LogP contribution in [-0.2, 0) is 0 Å². The summed E-state index contributed by atoms with van der Waals surface area (Å²) in [5.74, 6) is -0.344. The number of fused-ring (bicyclic) bond motifs is 2. The van der Waals surface area contributed by atoms with Crippen molar-refractivity contribution < 1.29 is 14.0 Å². The maximum Gasteiger partial charge on any atom is 0.199 e. The van der Waals surface area contributed by atoms with Gasteiger partial charge in [0.05, 0.1) is 16.7 Å². The van der Waals surface area contributed by atoms with E-state index in [9.17, 15) is 9.59 Å². The summed E-state index contributed by atoms with van der Waals surface area (Å²) in [5.41, 5.74) is 2.83. The van der Waals surface area contributed by atoms with Crippen molar-refractivity contribution in [1.29, 1.82) is 0 Å². The van der Waals surface area contributed by atoms with Crippen molar-refractivity contribution >= 4 is 11.6 Å². The maximum absolute atomic E-state index is 12.2. The first-order valence-electron chi connectivity index (χ1n) is 5.23. The normalized spacial score (nSPS) is 13.5. The molecule has 2 aromatic rings. The van der Waals surface area contributed by atoms with E-state index in [2.05, 4.69) is 4.98 Å². The first-order chi connectivity index (χ1) is 8.11. The molecule has 2 aromatic heterocycles. The van der Waals surface area contributed by atoms with E-state index < -0.39 is 0 Å². The predicted molar refractivity (Wildman–Crippen MR) is 59.3 cm³/mol. The summed E-state index contributed by atoms with van der Waals surface area (Å²) in [6, 6.07) is 0. The smallest absolute Gasteiger partial charge is 0.199 e. The van der Waals surface area contributed by atoms with Gasteiger partial charge in [0.15, 0.2) is 11.6 Å². The fourth-order valence-electron chi connectivity index (χ4n) is 2.19. The van der Waals surface area contributed by atoms with Crippen LogP contribution in [0.25, 0.3) is 0 Å². The van der Waals surface area contributed by atoms with Crippen molar-refractivity contribution in [3.63, 3.8) is 0 Å². The fraction of sp³-hybridized carbons (Fsp3) is 0.154. The van der Waals surface area contributed by atoms with Gasteiger partial charge in [-0.3, -0.25) is 14.6 Å². The Bertz CT molecular complexity index is 612. The van der Waals surface area contributed by atoms with Gasteiger partial charge in [-0.1, -0.05) is 0 Å². The number of hydrogen-bond donors (Lipinski definition) is 0. The quantitative estimate of drug-likeness (QED) is 0.589. The van der Waals surface area contributed by atoms with E-state index >= 15 is 0 Å². The van der Waals surface area contributed by atoms with E-state index in [4.69, 9.17) is 4.42 Å². The number of carbonyl (C=O) groups is 2. The summed E-state index contributed by atoms with van der Waals surface area (Å²) in [6.45, 7) is 3.51. The van der Waals surface area contributed by atoms with Crippen LogP contribution in [0.4, 0.5) is 0 Å². The van der Waals surface area contributed by atoms with E-state index in [1.54, 1.807) is 20.0 Å². The van der Waals surface area contributed by atoms with Gasteiger partial charge in [0.25, 0.3) is 0 Å². The highest BCUT2D eigenvalue weighted by molar-refractivity contribution is 6.29. The van der Waals surface area contributed by atoms with Crippen LogP contribution >= 0.6 is 0 Å². The zero-order valence-electron chi connectivity index (χ0n) is 9.40. The molecule has 0 saturated heterocycles. The minimum atomic E-state index is -0.183. The van der Waals surface area contributed by atoms with Crippen LogP contribution in [0.1, 0.15) is 43.1 Å². The van der Waals surface area contributed by atoms with Crippen LogP contribution in [-0.4, -0.2) is 16.6 Å². The van der Waals surface area contributed by atoms with Gasteiger partial charge < -0.3 is 4.42 Å². The molecule has 1 aliphatic carbocycles. The summed E-state index contributed by atoms with van der Waals surface area (Å²) in [5, 5.41) is 0. The highest BCUT2D eigenvalue weighted by Crippen LogP contribution is 2.30. The summed E-state index contributed by atoms with van der Waals surface area (Å²) < 4.78 is 4.96. The summed E-state index contributed by atoms with van der Waals surface area (Å²) in [6.07, 6.45) is 4.26. The molecule has 0 unspecified atom stereocenters. The molecule has 2 heterocycles. The first-order valence-corrected chi connectivity index (χ1v) is 5.23. The van der Waals surface area contributed by atoms with Gasteiger partial charge >= 0.3 is 0 Å². The molecule has 3 rings (SSSR count). The minimum absolute atomic E-state index is 0.161.